The second-order valence-corrected chi connectivity index (χ2v) is 4.37. The third kappa shape index (κ3) is 2.25. The van der Waals surface area contributed by atoms with Crippen LogP contribution in [0.25, 0.3) is 0 Å². The second kappa shape index (κ2) is 4.84. The third-order valence-corrected chi connectivity index (χ3v) is 3.09. The predicted octanol–water partition coefficient (Wildman–Crippen LogP) is 1.44. The summed E-state index contributed by atoms with van der Waals surface area (Å²) in [6, 6.07) is 13.9. The minimum Gasteiger partial charge on any atom is -0.457 e. The van der Waals surface area contributed by atoms with Gasteiger partial charge in [-0.05, 0) is 40.9 Å². The molecule has 0 saturated heterocycles. The van der Waals surface area contributed by atoms with Crippen LogP contribution in [0.3, 0.4) is 0 Å². The quantitative estimate of drug-likeness (QED) is 0.824. The van der Waals surface area contributed by atoms with Gasteiger partial charge in [0.1, 0.15) is 11.5 Å². The highest BCUT2D eigenvalue weighted by molar-refractivity contribution is 6.48. The Bertz CT molecular complexity index is 554. The first-order valence-corrected chi connectivity index (χ1v) is 6.01. The van der Waals surface area contributed by atoms with E-state index in [1.165, 1.54) is 11.0 Å². The van der Waals surface area contributed by atoms with Crippen molar-refractivity contribution in [2.24, 2.45) is 5.73 Å². The molecule has 2 N–H and O–H groups in total. The van der Waals surface area contributed by atoms with Crippen LogP contribution in [-0.2, 0) is 17.8 Å². The monoisotopic (exact) mass is 239 g/mol. The van der Waals surface area contributed by atoms with Gasteiger partial charge in [-0.1, -0.05) is 18.2 Å². The number of fused-ring (bicyclic) bond motifs is 1. The number of nitrogens with two attached hydrogens (primary N) is 1. The van der Waals surface area contributed by atoms with E-state index in [1.54, 1.807) is 0 Å². The van der Waals surface area contributed by atoms with Crippen LogP contribution < -0.4 is 15.9 Å². The average molecular weight is 239 g/mol. The van der Waals surface area contributed by atoms with E-state index in [0.717, 1.165) is 17.1 Å². The van der Waals surface area contributed by atoms with Gasteiger partial charge in [-0.25, -0.2) is 0 Å². The van der Waals surface area contributed by atoms with E-state index < -0.39 is 0 Å². The summed E-state index contributed by atoms with van der Waals surface area (Å²) in [4.78, 5) is 0. The van der Waals surface area contributed by atoms with Crippen molar-refractivity contribution in [3.63, 3.8) is 0 Å². The number of ether oxygens (including phenoxy) is 1. The number of hydrogen-bond acceptors (Lipinski definition) is 3. The molecule has 1 aliphatic heterocycles. The molecule has 0 atom stereocenters. The van der Waals surface area contributed by atoms with Gasteiger partial charge < -0.3 is 15.1 Å². The van der Waals surface area contributed by atoms with Crippen molar-refractivity contribution in [2.45, 2.75) is 13.2 Å². The zero-order valence-electron chi connectivity index (χ0n) is 10.1. The maximum absolute atomic E-state index is 5.81. The molecule has 0 fully saturated rings. The molecular weight excluding hydrogens is 225 g/mol. The summed E-state index contributed by atoms with van der Waals surface area (Å²) in [5, 5.41) is 0. The molecule has 0 aromatic heterocycles. The van der Waals surface area contributed by atoms with Crippen molar-refractivity contribution < 1.29 is 9.39 Å². The molecule has 3 nitrogen and oxygen atoms in total. The van der Waals surface area contributed by atoms with Gasteiger partial charge in [-0.2, -0.15) is 0 Å². The predicted molar refractivity (Wildman–Crippen MR) is 72.4 cm³/mol. The number of rotatable bonds is 3. The molecule has 3 rings (SSSR count). The molecule has 2 aromatic carbocycles. The van der Waals surface area contributed by atoms with E-state index in [2.05, 4.69) is 6.07 Å². The molecule has 0 unspecified atom stereocenters. The Hall–Kier alpha value is -1.78. The van der Waals surface area contributed by atoms with Gasteiger partial charge in [0.05, 0.1) is 6.61 Å². The molecule has 0 spiro atoms. The summed E-state index contributed by atoms with van der Waals surface area (Å²) in [7, 11) is 0.709. The zero-order valence-corrected chi connectivity index (χ0v) is 10.1. The summed E-state index contributed by atoms with van der Waals surface area (Å²) < 4.78 is 11.2. The van der Waals surface area contributed by atoms with Crippen LogP contribution in [0.1, 0.15) is 11.1 Å². The van der Waals surface area contributed by atoms with Gasteiger partial charge >= 0.3 is 7.48 Å². The van der Waals surface area contributed by atoms with Crippen LogP contribution >= 0.6 is 0 Å². The van der Waals surface area contributed by atoms with Crippen molar-refractivity contribution in [1.82, 2.24) is 0 Å². The fraction of sp³-hybridized carbons (Fsp3) is 0.143. The van der Waals surface area contributed by atoms with Crippen LogP contribution in [-0.4, -0.2) is 7.48 Å². The van der Waals surface area contributed by atoms with Crippen molar-refractivity contribution in [1.29, 1.82) is 0 Å². The Labute approximate surface area is 107 Å². The van der Waals surface area contributed by atoms with Crippen molar-refractivity contribution in [3.05, 3.63) is 53.6 Å². The first kappa shape index (κ1) is 11.3. The van der Waals surface area contributed by atoms with E-state index in [9.17, 15) is 0 Å². The summed E-state index contributed by atoms with van der Waals surface area (Å²) in [6.07, 6.45) is 0. The minimum atomic E-state index is 0.552. The molecule has 0 bridgehead atoms. The molecule has 2 aromatic rings. The number of hydrogen-bond donors (Lipinski definition) is 1. The molecule has 0 saturated carbocycles. The van der Waals surface area contributed by atoms with Gasteiger partial charge in [-0.3, -0.25) is 0 Å². The van der Waals surface area contributed by atoms with Gasteiger partial charge in [0.25, 0.3) is 0 Å². The molecule has 1 aliphatic rings. The van der Waals surface area contributed by atoms with Crippen molar-refractivity contribution >= 4 is 12.9 Å². The second-order valence-electron chi connectivity index (χ2n) is 4.37. The zero-order chi connectivity index (χ0) is 12.4. The Morgan fingerprint density at radius 1 is 1.11 bits per heavy atom. The van der Waals surface area contributed by atoms with E-state index in [4.69, 9.17) is 15.1 Å². The van der Waals surface area contributed by atoms with E-state index >= 15 is 0 Å². The molecule has 4 heteroatoms. The topological polar surface area (TPSA) is 44.5 Å². The highest BCUT2D eigenvalue weighted by Gasteiger charge is 2.13. The summed E-state index contributed by atoms with van der Waals surface area (Å²) in [6.45, 7) is 1.23. The fourth-order valence-electron chi connectivity index (χ4n) is 2.04. The van der Waals surface area contributed by atoms with Gasteiger partial charge in [0.15, 0.2) is 0 Å². The normalized spacial score (nSPS) is 12.9. The lowest BCUT2D eigenvalue weighted by Crippen LogP contribution is -2.10. The largest absolute Gasteiger partial charge is 0.457 e. The molecular formula is C14H14BNO2. The fourth-order valence-corrected chi connectivity index (χ4v) is 2.04. The smallest absolute Gasteiger partial charge is 0.309 e. The van der Waals surface area contributed by atoms with Crippen LogP contribution in [0.2, 0.25) is 0 Å². The Morgan fingerprint density at radius 2 is 1.89 bits per heavy atom. The maximum atomic E-state index is 5.81. The van der Waals surface area contributed by atoms with Crippen LogP contribution in [0, 0.1) is 0 Å². The maximum Gasteiger partial charge on any atom is 0.309 e. The first-order valence-electron chi connectivity index (χ1n) is 6.01. The lowest BCUT2D eigenvalue weighted by molar-refractivity contribution is 0.344. The van der Waals surface area contributed by atoms with E-state index in [1.807, 2.05) is 36.4 Å². The van der Waals surface area contributed by atoms with Crippen LogP contribution in [0.5, 0.6) is 11.5 Å². The summed E-state index contributed by atoms with van der Waals surface area (Å²) >= 11 is 0. The molecule has 0 amide bonds. The minimum absolute atomic E-state index is 0.552. The average Bonchev–Trinajstić information content (AvgIpc) is 2.87. The van der Waals surface area contributed by atoms with E-state index in [0.29, 0.717) is 20.6 Å². The highest BCUT2D eigenvalue weighted by atomic mass is 16.5. The Morgan fingerprint density at radius 3 is 2.67 bits per heavy atom. The van der Waals surface area contributed by atoms with Crippen molar-refractivity contribution in [3.8, 4) is 11.5 Å². The molecule has 90 valence electrons. The van der Waals surface area contributed by atoms with Crippen molar-refractivity contribution in [2.75, 3.05) is 0 Å². The number of benzene rings is 2. The summed E-state index contributed by atoms with van der Waals surface area (Å²) in [5.74, 6) is 1.67. The standard InChI is InChI=1S/C14H14BNO2/c16-8-10-1-3-12(4-2-10)18-13-5-6-14-11(7-13)9-17-15-14/h1-7,15H,8-9,16H2. The lowest BCUT2D eigenvalue weighted by atomic mass is 9.87. The molecule has 1 heterocycles. The van der Waals surface area contributed by atoms with Gasteiger partial charge in [0.2, 0.25) is 0 Å². The molecule has 0 aliphatic carbocycles. The SMILES string of the molecule is NCc1ccc(Oc2ccc3c(c2)COB3)cc1. The van der Waals surface area contributed by atoms with Gasteiger partial charge in [-0.15, -0.1) is 0 Å². The molecule has 18 heavy (non-hydrogen) atoms. The Balaban J connectivity index is 1.79. The van der Waals surface area contributed by atoms with E-state index in [-0.39, 0.29) is 0 Å². The first-order chi connectivity index (χ1) is 8.85. The van der Waals surface area contributed by atoms with Gasteiger partial charge in [0, 0.05) is 6.54 Å². The summed E-state index contributed by atoms with van der Waals surface area (Å²) in [5.41, 5.74) is 9.13. The lowest BCUT2D eigenvalue weighted by Gasteiger charge is -2.07. The van der Waals surface area contributed by atoms with Crippen LogP contribution in [0.4, 0.5) is 0 Å². The third-order valence-electron chi connectivity index (χ3n) is 3.09. The highest BCUT2D eigenvalue weighted by Crippen LogP contribution is 2.23. The molecule has 0 radical (unpaired) electrons. The Kier molecular flexibility index (Phi) is 3.05. The van der Waals surface area contributed by atoms with Crippen LogP contribution in [0.15, 0.2) is 42.5 Å².